The van der Waals surface area contributed by atoms with E-state index < -0.39 is 0 Å². The molecule has 6 heteroatoms. The van der Waals surface area contributed by atoms with Crippen LogP contribution in [-0.4, -0.2) is 10.9 Å². The summed E-state index contributed by atoms with van der Waals surface area (Å²) in [7, 11) is 0. The lowest BCUT2D eigenvalue weighted by molar-refractivity contribution is 0.103. The fourth-order valence-corrected chi connectivity index (χ4v) is 4.84. The van der Waals surface area contributed by atoms with E-state index in [9.17, 15) is 4.79 Å². The molecule has 0 radical (unpaired) electrons. The average molecular weight is 345 g/mol. The Morgan fingerprint density at radius 1 is 1.18 bits per heavy atom. The zero-order valence-corrected chi connectivity index (χ0v) is 13.6. The normalized spacial score (nSPS) is 11.1. The maximum atomic E-state index is 12.5. The summed E-state index contributed by atoms with van der Waals surface area (Å²) in [5.41, 5.74) is 1.46. The van der Waals surface area contributed by atoms with Crippen LogP contribution in [0, 0.1) is 0 Å². The number of benzene rings is 1. The predicted molar refractivity (Wildman–Crippen MR) is 94.4 cm³/mol. The van der Waals surface area contributed by atoms with Gasteiger partial charge in [-0.25, -0.2) is 0 Å². The number of amides is 1. The lowest BCUT2D eigenvalue weighted by Gasteiger charge is -2.07. The number of nitrogens with zero attached hydrogens (tertiary/aromatic N) is 1. The van der Waals surface area contributed by atoms with E-state index in [0.29, 0.717) is 15.6 Å². The Balaban J connectivity index is 1.74. The van der Waals surface area contributed by atoms with Crippen LogP contribution in [-0.2, 0) is 0 Å². The van der Waals surface area contributed by atoms with E-state index in [1.807, 2.05) is 41.8 Å². The molecule has 0 unspecified atom stereocenters. The minimum atomic E-state index is -0.198. The highest BCUT2D eigenvalue weighted by Gasteiger charge is 2.18. The second-order valence-electron chi connectivity index (χ2n) is 4.70. The molecule has 0 fully saturated rings. The van der Waals surface area contributed by atoms with E-state index in [0.717, 1.165) is 20.3 Å². The summed E-state index contributed by atoms with van der Waals surface area (Å²) < 4.78 is 1.06. The van der Waals surface area contributed by atoms with E-state index >= 15 is 0 Å². The first kappa shape index (κ1) is 13.7. The highest BCUT2D eigenvalue weighted by molar-refractivity contribution is 7.38. The third-order valence-corrected chi connectivity index (χ3v) is 6.10. The van der Waals surface area contributed by atoms with Gasteiger partial charge in [-0.2, -0.15) is 0 Å². The number of anilines is 1. The summed E-state index contributed by atoms with van der Waals surface area (Å²) in [5, 5.41) is 7.35. The molecule has 0 aliphatic carbocycles. The molecule has 1 aromatic carbocycles. The van der Waals surface area contributed by atoms with Gasteiger partial charge in [-0.05, 0) is 23.6 Å². The zero-order valence-electron chi connectivity index (χ0n) is 11.2. The Hall–Kier alpha value is -1.95. The number of carbonyl (C=O) groups is 1. The summed E-state index contributed by atoms with van der Waals surface area (Å²) in [6, 6.07) is 11.5. The van der Waals surface area contributed by atoms with Gasteiger partial charge >= 0.3 is 0 Å². The highest BCUT2D eigenvalue weighted by Crippen LogP contribution is 2.39. The first-order valence-electron chi connectivity index (χ1n) is 6.54. The molecule has 4 aromatic rings. The highest BCUT2D eigenvalue weighted by atomic mass is 35.5. The van der Waals surface area contributed by atoms with Gasteiger partial charge in [0.05, 0.1) is 20.2 Å². The molecule has 0 atom stereocenters. The van der Waals surface area contributed by atoms with Crippen molar-refractivity contribution in [3.63, 3.8) is 0 Å². The van der Waals surface area contributed by atoms with Gasteiger partial charge in [-0.3, -0.25) is 9.78 Å². The second kappa shape index (κ2) is 5.35. The molecule has 3 nitrogen and oxygen atoms in total. The second-order valence-corrected chi connectivity index (χ2v) is 7.27. The van der Waals surface area contributed by atoms with E-state index in [1.165, 1.54) is 11.3 Å². The fourth-order valence-electron chi connectivity index (χ4n) is 2.33. The van der Waals surface area contributed by atoms with Crippen molar-refractivity contribution < 1.29 is 4.79 Å². The van der Waals surface area contributed by atoms with Crippen LogP contribution >= 0.6 is 34.3 Å². The molecule has 0 aliphatic rings. The van der Waals surface area contributed by atoms with Gasteiger partial charge in [0, 0.05) is 17.0 Å². The molecular weight excluding hydrogens is 336 g/mol. The maximum absolute atomic E-state index is 12.5. The van der Waals surface area contributed by atoms with Crippen molar-refractivity contribution >= 4 is 66.2 Å². The van der Waals surface area contributed by atoms with Crippen LogP contribution in [0.25, 0.3) is 20.3 Å². The Labute approximate surface area is 139 Å². The number of halogens is 1. The standard InChI is InChI=1S/C16H9ClN2OS2/c17-12-10-6-8-21-16(10)22-14(12)15(20)19-11-5-1-3-9-4-2-7-18-13(9)11/h1-8H,(H,19,20). The molecule has 0 saturated heterocycles. The number of carbonyl (C=O) groups excluding carboxylic acids is 1. The largest absolute Gasteiger partial charge is 0.319 e. The molecule has 1 amide bonds. The summed E-state index contributed by atoms with van der Waals surface area (Å²) >= 11 is 9.33. The fraction of sp³-hybridized carbons (Fsp3) is 0. The van der Waals surface area contributed by atoms with E-state index in [4.69, 9.17) is 11.6 Å². The van der Waals surface area contributed by atoms with E-state index in [1.54, 1.807) is 17.5 Å². The molecule has 108 valence electrons. The van der Waals surface area contributed by atoms with E-state index in [-0.39, 0.29) is 5.91 Å². The van der Waals surface area contributed by atoms with Gasteiger partial charge < -0.3 is 5.32 Å². The first-order chi connectivity index (χ1) is 10.7. The minimum Gasteiger partial charge on any atom is -0.319 e. The molecule has 3 heterocycles. The smallest absolute Gasteiger partial charge is 0.267 e. The lowest BCUT2D eigenvalue weighted by atomic mass is 10.2. The van der Waals surface area contributed by atoms with Crippen LogP contribution in [0.3, 0.4) is 0 Å². The number of rotatable bonds is 2. The van der Waals surface area contributed by atoms with Gasteiger partial charge in [0.2, 0.25) is 0 Å². The molecule has 4 rings (SSSR count). The number of aromatic nitrogens is 1. The summed E-state index contributed by atoms with van der Waals surface area (Å²) in [5.74, 6) is -0.198. The van der Waals surface area contributed by atoms with Gasteiger partial charge in [0.15, 0.2) is 0 Å². The van der Waals surface area contributed by atoms with Gasteiger partial charge in [-0.1, -0.05) is 29.8 Å². The van der Waals surface area contributed by atoms with Crippen molar-refractivity contribution in [3.8, 4) is 0 Å². The van der Waals surface area contributed by atoms with Crippen LogP contribution < -0.4 is 5.32 Å². The molecule has 1 N–H and O–H groups in total. The molecule has 0 aliphatic heterocycles. The number of pyridine rings is 1. The Morgan fingerprint density at radius 3 is 2.91 bits per heavy atom. The molecule has 0 saturated carbocycles. The predicted octanol–water partition coefficient (Wildman–Crippen LogP) is 5.42. The van der Waals surface area contributed by atoms with Crippen molar-refractivity contribution in [3.05, 3.63) is 57.9 Å². The van der Waals surface area contributed by atoms with Crippen molar-refractivity contribution in [2.24, 2.45) is 0 Å². The van der Waals surface area contributed by atoms with Crippen LogP contribution in [0.1, 0.15) is 9.67 Å². The third kappa shape index (κ3) is 2.18. The molecule has 3 aromatic heterocycles. The van der Waals surface area contributed by atoms with Crippen LogP contribution in [0.5, 0.6) is 0 Å². The Bertz CT molecular complexity index is 1000. The Kier molecular flexibility index (Phi) is 3.33. The van der Waals surface area contributed by atoms with Gasteiger partial charge in [-0.15, -0.1) is 22.7 Å². The minimum absolute atomic E-state index is 0.198. The number of hydrogen-bond donors (Lipinski definition) is 1. The number of thiophene rings is 2. The monoisotopic (exact) mass is 344 g/mol. The maximum Gasteiger partial charge on any atom is 0.267 e. The van der Waals surface area contributed by atoms with Crippen molar-refractivity contribution in [1.29, 1.82) is 0 Å². The third-order valence-electron chi connectivity index (χ3n) is 3.35. The summed E-state index contributed by atoms with van der Waals surface area (Å²) in [4.78, 5) is 17.4. The van der Waals surface area contributed by atoms with Crippen molar-refractivity contribution in [2.75, 3.05) is 5.32 Å². The topological polar surface area (TPSA) is 42.0 Å². The number of fused-ring (bicyclic) bond motifs is 2. The zero-order chi connectivity index (χ0) is 15.1. The van der Waals surface area contributed by atoms with Gasteiger partial charge in [0.1, 0.15) is 4.88 Å². The lowest BCUT2D eigenvalue weighted by Crippen LogP contribution is -2.11. The average Bonchev–Trinajstić information content (AvgIpc) is 3.11. The molecule has 0 bridgehead atoms. The van der Waals surface area contributed by atoms with E-state index in [2.05, 4.69) is 10.3 Å². The molecular formula is C16H9ClN2OS2. The van der Waals surface area contributed by atoms with Crippen molar-refractivity contribution in [1.82, 2.24) is 4.98 Å². The SMILES string of the molecule is O=C(Nc1cccc2cccnc12)c1sc2sccc2c1Cl. The summed E-state index contributed by atoms with van der Waals surface area (Å²) in [6.07, 6.45) is 1.71. The Morgan fingerprint density at radius 2 is 2.05 bits per heavy atom. The molecule has 22 heavy (non-hydrogen) atoms. The number of nitrogens with one attached hydrogen (secondary N) is 1. The van der Waals surface area contributed by atoms with Gasteiger partial charge in [0.25, 0.3) is 5.91 Å². The molecule has 0 spiro atoms. The first-order valence-corrected chi connectivity index (χ1v) is 8.62. The summed E-state index contributed by atoms with van der Waals surface area (Å²) in [6.45, 7) is 0. The van der Waals surface area contributed by atoms with Crippen LogP contribution in [0.2, 0.25) is 5.02 Å². The number of para-hydroxylation sites is 1. The van der Waals surface area contributed by atoms with Crippen LogP contribution in [0.15, 0.2) is 48.0 Å². The number of hydrogen-bond acceptors (Lipinski definition) is 4. The quantitative estimate of drug-likeness (QED) is 0.527. The van der Waals surface area contributed by atoms with Crippen molar-refractivity contribution in [2.45, 2.75) is 0 Å². The van der Waals surface area contributed by atoms with Crippen LogP contribution in [0.4, 0.5) is 5.69 Å².